The summed E-state index contributed by atoms with van der Waals surface area (Å²) in [6.45, 7) is 8.97. The Hall–Kier alpha value is -2.72. The standard InChI is InChI=1S/C21H29N5O4S/c1-4-30-19(27)14-25-9-11-26(12-10-25)21-23-13-18(20(22)24-21)31(28,29)17-7-5-16(6-8-17)15(2)3/h5-8,13,15H,4,9-12,14H2,1-3H3,(H2,22,23,24). The lowest BCUT2D eigenvalue weighted by Crippen LogP contribution is -2.48. The molecule has 0 saturated carbocycles. The third kappa shape index (κ3) is 5.31. The fourth-order valence-electron chi connectivity index (χ4n) is 3.39. The Balaban J connectivity index is 1.71. The molecular formula is C21H29N5O4S. The number of anilines is 2. The monoisotopic (exact) mass is 447 g/mol. The minimum absolute atomic E-state index is 0.0770. The van der Waals surface area contributed by atoms with Crippen molar-refractivity contribution in [1.82, 2.24) is 14.9 Å². The van der Waals surface area contributed by atoms with E-state index in [-0.39, 0.29) is 28.1 Å². The fourth-order valence-corrected chi connectivity index (χ4v) is 4.65. The molecule has 9 nitrogen and oxygen atoms in total. The number of rotatable bonds is 7. The van der Waals surface area contributed by atoms with Crippen molar-refractivity contribution in [2.24, 2.45) is 0 Å². The number of nitrogen functional groups attached to an aromatic ring is 1. The number of ether oxygens (including phenoxy) is 1. The SMILES string of the molecule is CCOC(=O)CN1CCN(c2ncc(S(=O)(=O)c3ccc(C(C)C)cc3)c(N)n2)CC1. The third-order valence-electron chi connectivity index (χ3n) is 5.23. The van der Waals surface area contributed by atoms with E-state index in [2.05, 4.69) is 9.97 Å². The van der Waals surface area contributed by atoms with Crippen LogP contribution in [0.1, 0.15) is 32.3 Å². The first-order valence-corrected chi connectivity index (χ1v) is 11.8. The Morgan fingerprint density at radius 1 is 1.16 bits per heavy atom. The zero-order valence-electron chi connectivity index (χ0n) is 18.1. The lowest BCUT2D eigenvalue weighted by Gasteiger charge is -2.34. The normalized spacial score (nSPS) is 15.3. The summed E-state index contributed by atoms with van der Waals surface area (Å²) in [6, 6.07) is 6.78. The number of hydrogen-bond acceptors (Lipinski definition) is 9. The molecule has 1 saturated heterocycles. The number of aromatic nitrogens is 2. The van der Waals surface area contributed by atoms with Crippen molar-refractivity contribution in [3.05, 3.63) is 36.0 Å². The number of carbonyl (C=O) groups is 1. The number of piperazine rings is 1. The van der Waals surface area contributed by atoms with Crippen LogP contribution < -0.4 is 10.6 Å². The highest BCUT2D eigenvalue weighted by molar-refractivity contribution is 7.91. The highest BCUT2D eigenvalue weighted by Gasteiger charge is 2.25. The number of sulfone groups is 1. The van der Waals surface area contributed by atoms with Crippen molar-refractivity contribution >= 4 is 27.6 Å². The maximum absolute atomic E-state index is 13.0. The summed E-state index contributed by atoms with van der Waals surface area (Å²) in [5, 5.41) is 0. The van der Waals surface area contributed by atoms with E-state index in [1.165, 1.54) is 6.20 Å². The van der Waals surface area contributed by atoms with E-state index in [1.54, 1.807) is 31.2 Å². The molecule has 2 aromatic rings. The molecule has 10 heteroatoms. The van der Waals surface area contributed by atoms with E-state index in [9.17, 15) is 13.2 Å². The van der Waals surface area contributed by atoms with Gasteiger partial charge in [0.15, 0.2) is 0 Å². The highest BCUT2D eigenvalue weighted by Crippen LogP contribution is 2.27. The number of esters is 1. The lowest BCUT2D eigenvalue weighted by atomic mass is 10.0. The maximum atomic E-state index is 13.0. The van der Waals surface area contributed by atoms with E-state index < -0.39 is 9.84 Å². The van der Waals surface area contributed by atoms with Crippen LogP contribution >= 0.6 is 0 Å². The lowest BCUT2D eigenvalue weighted by molar-refractivity contribution is -0.144. The van der Waals surface area contributed by atoms with Gasteiger partial charge in [-0.15, -0.1) is 0 Å². The topological polar surface area (TPSA) is 119 Å². The van der Waals surface area contributed by atoms with E-state index >= 15 is 0 Å². The first kappa shape index (κ1) is 23.0. The zero-order chi connectivity index (χ0) is 22.6. The second-order valence-corrected chi connectivity index (χ2v) is 9.63. The molecular weight excluding hydrogens is 418 g/mol. The average molecular weight is 448 g/mol. The van der Waals surface area contributed by atoms with Gasteiger partial charge in [-0.25, -0.2) is 13.4 Å². The molecule has 31 heavy (non-hydrogen) atoms. The summed E-state index contributed by atoms with van der Waals surface area (Å²) < 4.78 is 31.0. The van der Waals surface area contributed by atoms with Gasteiger partial charge in [-0.2, -0.15) is 4.98 Å². The minimum Gasteiger partial charge on any atom is -0.465 e. The maximum Gasteiger partial charge on any atom is 0.320 e. The molecule has 168 valence electrons. The van der Waals surface area contributed by atoms with E-state index in [0.717, 1.165) is 5.56 Å². The smallest absolute Gasteiger partial charge is 0.320 e. The summed E-state index contributed by atoms with van der Waals surface area (Å²) in [6.07, 6.45) is 1.27. The molecule has 0 radical (unpaired) electrons. The van der Waals surface area contributed by atoms with Crippen molar-refractivity contribution in [2.75, 3.05) is 50.0 Å². The Labute approximate surface area is 183 Å². The second kappa shape index (κ2) is 9.61. The van der Waals surface area contributed by atoms with Crippen LogP contribution in [0, 0.1) is 0 Å². The number of carbonyl (C=O) groups excluding carboxylic acids is 1. The van der Waals surface area contributed by atoms with Crippen molar-refractivity contribution in [3.8, 4) is 0 Å². The molecule has 1 aliphatic rings. The van der Waals surface area contributed by atoms with E-state index in [1.807, 2.05) is 23.6 Å². The van der Waals surface area contributed by atoms with Crippen LogP contribution in [0.15, 0.2) is 40.3 Å². The fraction of sp³-hybridized carbons (Fsp3) is 0.476. The zero-order valence-corrected chi connectivity index (χ0v) is 18.9. The summed E-state index contributed by atoms with van der Waals surface area (Å²) in [5.74, 6) is 0.365. The molecule has 0 bridgehead atoms. The van der Waals surface area contributed by atoms with Gasteiger partial charge >= 0.3 is 5.97 Å². The number of hydrogen-bond donors (Lipinski definition) is 1. The summed E-state index contributed by atoms with van der Waals surface area (Å²) in [4.78, 5) is 24.1. The molecule has 2 heterocycles. The molecule has 1 aromatic carbocycles. The van der Waals surface area contributed by atoms with Crippen LogP contribution in [0.5, 0.6) is 0 Å². The molecule has 1 aliphatic heterocycles. The molecule has 0 unspecified atom stereocenters. The van der Waals surface area contributed by atoms with Gasteiger partial charge in [-0.05, 0) is 30.5 Å². The minimum atomic E-state index is -3.82. The van der Waals surface area contributed by atoms with Gasteiger partial charge in [0.1, 0.15) is 10.7 Å². The van der Waals surface area contributed by atoms with Crippen LogP contribution in [0.3, 0.4) is 0 Å². The van der Waals surface area contributed by atoms with Gasteiger partial charge < -0.3 is 15.4 Å². The quantitative estimate of drug-likeness (QED) is 0.633. The Kier molecular flexibility index (Phi) is 7.11. The molecule has 0 amide bonds. The van der Waals surface area contributed by atoms with Crippen LogP contribution in [0.2, 0.25) is 0 Å². The summed E-state index contributed by atoms with van der Waals surface area (Å²) >= 11 is 0. The first-order chi connectivity index (χ1) is 14.7. The van der Waals surface area contributed by atoms with Crippen LogP contribution in [-0.2, 0) is 19.4 Å². The number of nitrogens with two attached hydrogens (primary N) is 1. The largest absolute Gasteiger partial charge is 0.465 e. The van der Waals surface area contributed by atoms with E-state index in [4.69, 9.17) is 10.5 Å². The Morgan fingerprint density at radius 2 is 1.81 bits per heavy atom. The van der Waals surface area contributed by atoms with Crippen molar-refractivity contribution in [1.29, 1.82) is 0 Å². The van der Waals surface area contributed by atoms with Gasteiger partial charge in [0.2, 0.25) is 15.8 Å². The second-order valence-electron chi connectivity index (χ2n) is 7.71. The third-order valence-corrected chi connectivity index (χ3v) is 7.02. The van der Waals surface area contributed by atoms with Crippen molar-refractivity contribution < 1.29 is 17.9 Å². The summed E-state index contributed by atoms with van der Waals surface area (Å²) in [7, 11) is -3.82. The van der Waals surface area contributed by atoms with Crippen LogP contribution in [0.4, 0.5) is 11.8 Å². The van der Waals surface area contributed by atoms with Crippen LogP contribution in [-0.4, -0.2) is 68.6 Å². The van der Waals surface area contributed by atoms with Crippen molar-refractivity contribution in [3.63, 3.8) is 0 Å². The van der Waals surface area contributed by atoms with Gasteiger partial charge in [-0.3, -0.25) is 9.69 Å². The van der Waals surface area contributed by atoms with Gasteiger partial charge in [0.25, 0.3) is 0 Å². The Bertz CT molecular complexity index is 1020. The molecule has 2 N–H and O–H groups in total. The predicted molar refractivity (Wildman–Crippen MR) is 118 cm³/mol. The van der Waals surface area contributed by atoms with E-state index in [0.29, 0.717) is 44.7 Å². The molecule has 0 atom stereocenters. The molecule has 0 aliphatic carbocycles. The molecule has 0 spiro atoms. The van der Waals surface area contributed by atoms with Crippen LogP contribution in [0.25, 0.3) is 0 Å². The van der Waals surface area contributed by atoms with Gasteiger partial charge in [0.05, 0.1) is 24.2 Å². The number of benzene rings is 1. The predicted octanol–water partition coefficient (Wildman–Crippen LogP) is 1.70. The Morgan fingerprint density at radius 3 is 2.35 bits per heavy atom. The molecule has 1 fully saturated rings. The first-order valence-electron chi connectivity index (χ1n) is 10.3. The van der Waals surface area contributed by atoms with Gasteiger partial charge in [-0.1, -0.05) is 26.0 Å². The van der Waals surface area contributed by atoms with Gasteiger partial charge in [0, 0.05) is 26.2 Å². The average Bonchev–Trinajstić information content (AvgIpc) is 2.74. The molecule has 3 rings (SSSR count). The number of nitrogens with zero attached hydrogens (tertiary/aromatic N) is 4. The summed E-state index contributed by atoms with van der Waals surface area (Å²) in [5.41, 5.74) is 7.08. The van der Waals surface area contributed by atoms with Crippen molar-refractivity contribution in [2.45, 2.75) is 36.5 Å². The highest BCUT2D eigenvalue weighted by atomic mass is 32.2. The molecule has 1 aromatic heterocycles.